The zero-order valence-corrected chi connectivity index (χ0v) is 24.6. The van der Waals surface area contributed by atoms with E-state index in [0.29, 0.717) is 25.5 Å². The Balaban J connectivity index is 0.00000240. The summed E-state index contributed by atoms with van der Waals surface area (Å²) in [7, 11) is 0. The Morgan fingerprint density at radius 1 is 1.10 bits per heavy atom. The van der Waals surface area contributed by atoms with Gasteiger partial charge in [-0.2, -0.15) is 0 Å². The Labute approximate surface area is 241 Å². The van der Waals surface area contributed by atoms with Crippen LogP contribution in [-0.2, 0) is 0 Å². The number of aldehydes is 2. The van der Waals surface area contributed by atoms with Gasteiger partial charge in [-0.3, -0.25) is 14.4 Å². The van der Waals surface area contributed by atoms with Crippen LogP contribution in [-0.4, -0.2) is 52.8 Å². The third kappa shape index (κ3) is 6.15. The van der Waals surface area contributed by atoms with Crippen LogP contribution >= 0.6 is 0 Å². The Morgan fingerprint density at radius 2 is 1.68 bits per heavy atom. The summed E-state index contributed by atoms with van der Waals surface area (Å²) >= 11 is 0. The van der Waals surface area contributed by atoms with Gasteiger partial charge in [-0.25, -0.2) is 0 Å². The van der Waals surface area contributed by atoms with Gasteiger partial charge in [0.2, 0.25) is 0 Å². The molecule has 1 aliphatic rings. The van der Waals surface area contributed by atoms with Gasteiger partial charge in [-0.15, -0.1) is 0 Å². The van der Waals surface area contributed by atoms with Crippen molar-refractivity contribution in [2.45, 2.75) is 26.3 Å². The predicted octanol–water partition coefficient (Wildman–Crippen LogP) is 0.497. The van der Waals surface area contributed by atoms with E-state index in [-0.39, 0.29) is 134 Å². The monoisotopic (exact) mass is 545 g/mol. The maximum atomic E-state index is 13.2. The van der Waals surface area contributed by atoms with Gasteiger partial charge in [0.15, 0.2) is 12.6 Å². The molecule has 0 saturated carbocycles. The van der Waals surface area contributed by atoms with Gasteiger partial charge >= 0.3 is 68.9 Å². The van der Waals surface area contributed by atoms with Crippen LogP contribution < -0.4 is 73.6 Å². The molecule has 3 rings (SSSR count). The number of hydrogen-bond donors (Lipinski definition) is 2. The molecule has 160 valence electrons. The molecular formula is C23H26CsNO6. The number of nitrogens with zero attached hydrogens (tertiary/aromatic N) is 1. The van der Waals surface area contributed by atoms with Gasteiger partial charge in [-0.05, 0) is 36.1 Å². The third-order valence-electron chi connectivity index (χ3n) is 5.11. The molecule has 1 unspecified atom stereocenters. The van der Waals surface area contributed by atoms with E-state index in [1.807, 2.05) is 13.8 Å². The van der Waals surface area contributed by atoms with E-state index >= 15 is 0 Å². The molecule has 2 N–H and O–H groups in total. The summed E-state index contributed by atoms with van der Waals surface area (Å²) in [6.07, 6.45) is 1.65. The summed E-state index contributed by atoms with van der Waals surface area (Å²) in [6.45, 7) is 4.63. The minimum Gasteiger partial charge on any atom is -0.507 e. The number of phenolic OH excluding ortho intramolecular Hbond substituents is 2. The molecule has 0 aliphatic carbocycles. The van der Waals surface area contributed by atoms with Crippen LogP contribution in [0.4, 0.5) is 0 Å². The van der Waals surface area contributed by atoms with Crippen LogP contribution in [0.25, 0.3) is 0 Å². The number of aromatic hydroxyl groups is 2. The fourth-order valence-corrected chi connectivity index (χ4v) is 3.77. The first kappa shape index (κ1) is 27.7. The second kappa shape index (κ2) is 11.5. The minimum absolute atomic E-state index is 0. The second-order valence-corrected chi connectivity index (χ2v) is 7.93. The number of ether oxygens (including phenoxy) is 1. The number of phenols is 2. The number of rotatable bonds is 6. The normalized spacial score (nSPS) is 16.6. The summed E-state index contributed by atoms with van der Waals surface area (Å²) in [6, 6.07) is 8.63. The molecule has 0 aromatic heterocycles. The summed E-state index contributed by atoms with van der Waals surface area (Å²) in [5.74, 6) is -0.545. The Hall–Kier alpha value is -1.30. The number of hydrogen-bond acceptors (Lipinski definition) is 6. The van der Waals surface area contributed by atoms with Crippen molar-refractivity contribution in [3.63, 3.8) is 0 Å². The Morgan fingerprint density at radius 3 is 2.29 bits per heavy atom. The van der Waals surface area contributed by atoms with Crippen molar-refractivity contribution in [2.24, 2.45) is 5.41 Å². The molecule has 1 amide bonds. The van der Waals surface area contributed by atoms with Gasteiger partial charge in [0.05, 0.1) is 22.7 Å². The molecule has 1 heterocycles. The van der Waals surface area contributed by atoms with Crippen LogP contribution in [0.1, 0.15) is 51.3 Å². The van der Waals surface area contributed by atoms with Crippen LogP contribution in [0.2, 0.25) is 0 Å². The molecule has 2 aromatic carbocycles. The van der Waals surface area contributed by atoms with Crippen LogP contribution in [0, 0.1) is 12.8 Å². The largest absolute Gasteiger partial charge is 1.00 e. The van der Waals surface area contributed by atoms with Crippen molar-refractivity contribution in [3.05, 3.63) is 60.5 Å². The molecule has 7 nitrogen and oxygen atoms in total. The van der Waals surface area contributed by atoms with E-state index in [2.05, 4.69) is 0 Å². The van der Waals surface area contributed by atoms with Crippen molar-refractivity contribution in [1.29, 1.82) is 0 Å². The number of carbonyl (C=O) groups is 3. The molecule has 8 heteroatoms. The molecule has 1 saturated heterocycles. The van der Waals surface area contributed by atoms with Crippen LogP contribution in [0.5, 0.6) is 17.2 Å². The maximum absolute atomic E-state index is 13.2. The SMILES string of the molecule is CC1(C)CC(COc2cccc(O)c2C=O)N(C(=O)c2cccc(O)c2C=O)C1.[CH3-].[Cs+]. The van der Waals surface area contributed by atoms with Crippen molar-refractivity contribution < 1.29 is 98.2 Å². The minimum atomic E-state index is -0.367. The van der Waals surface area contributed by atoms with Crippen LogP contribution in [0.3, 0.4) is 0 Å². The van der Waals surface area contributed by atoms with Crippen molar-refractivity contribution in [1.82, 2.24) is 4.90 Å². The van der Waals surface area contributed by atoms with Gasteiger partial charge < -0.3 is 27.3 Å². The fraction of sp³-hybridized carbons (Fsp3) is 0.304. The fourth-order valence-electron chi connectivity index (χ4n) is 3.77. The van der Waals surface area contributed by atoms with E-state index in [1.54, 1.807) is 17.0 Å². The van der Waals surface area contributed by atoms with Crippen molar-refractivity contribution in [3.8, 4) is 17.2 Å². The molecule has 31 heavy (non-hydrogen) atoms. The van der Waals surface area contributed by atoms with E-state index in [9.17, 15) is 24.6 Å². The average molecular weight is 545 g/mol. The summed E-state index contributed by atoms with van der Waals surface area (Å²) < 4.78 is 5.78. The summed E-state index contributed by atoms with van der Waals surface area (Å²) in [4.78, 5) is 37.4. The smallest absolute Gasteiger partial charge is 0.507 e. The molecule has 1 fully saturated rings. The van der Waals surface area contributed by atoms with E-state index < -0.39 is 0 Å². The first-order valence-corrected chi connectivity index (χ1v) is 9.25. The quantitative estimate of drug-likeness (QED) is 0.405. The molecule has 2 aromatic rings. The van der Waals surface area contributed by atoms with E-state index in [4.69, 9.17) is 4.74 Å². The zero-order chi connectivity index (χ0) is 21.2. The molecule has 0 radical (unpaired) electrons. The number of carbonyl (C=O) groups excluding carboxylic acids is 3. The first-order chi connectivity index (χ1) is 13.8. The van der Waals surface area contributed by atoms with Gasteiger partial charge in [0.1, 0.15) is 23.9 Å². The van der Waals surface area contributed by atoms with Gasteiger partial charge in [-0.1, -0.05) is 26.0 Å². The topological polar surface area (TPSA) is 104 Å². The predicted molar refractivity (Wildman–Crippen MR) is 112 cm³/mol. The van der Waals surface area contributed by atoms with Crippen molar-refractivity contribution >= 4 is 18.5 Å². The molecular weight excluding hydrogens is 519 g/mol. The molecule has 1 atom stereocenters. The number of benzene rings is 2. The molecule has 0 spiro atoms. The average Bonchev–Trinajstić information content (AvgIpc) is 3.00. The third-order valence-corrected chi connectivity index (χ3v) is 5.11. The zero-order valence-electron chi connectivity index (χ0n) is 18.3. The number of likely N-dealkylation sites (tertiary alicyclic amines) is 1. The van der Waals surface area contributed by atoms with Crippen molar-refractivity contribution in [2.75, 3.05) is 13.2 Å². The molecule has 0 bridgehead atoms. The Kier molecular flexibility index (Phi) is 10.3. The van der Waals surface area contributed by atoms with Crippen LogP contribution in [0.15, 0.2) is 36.4 Å². The second-order valence-electron chi connectivity index (χ2n) is 7.93. The number of amides is 1. The molecule has 1 aliphatic heterocycles. The summed E-state index contributed by atoms with van der Waals surface area (Å²) in [5.41, 5.74) is -0.0284. The summed E-state index contributed by atoms with van der Waals surface area (Å²) in [5, 5.41) is 19.7. The van der Waals surface area contributed by atoms with E-state index in [1.165, 1.54) is 24.3 Å². The Bertz CT molecular complexity index is 959. The first-order valence-electron chi connectivity index (χ1n) is 9.25. The maximum Gasteiger partial charge on any atom is 1.00 e. The van der Waals surface area contributed by atoms with E-state index in [0.717, 1.165) is 0 Å². The van der Waals surface area contributed by atoms with Gasteiger partial charge in [0.25, 0.3) is 5.91 Å². The van der Waals surface area contributed by atoms with Gasteiger partial charge in [0, 0.05) is 6.54 Å². The standard InChI is InChI=1S/C22H23NO6.CH3.Cs/c1-22(2)9-14(12-29-20-8-4-7-19(27)17(20)11-25)23(13-22)21(28)15-5-3-6-18(26)16(15)10-24;;/h3-8,10-11,14,26-27H,9,12-13H2,1-2H3;1H3;/q;-1;+1.